The summed E-state index contributed by atoms with van der Waals surface area (Å²) in [5.41, 5.74) is 0. The Morgan fingerprint density at radius 1 is 1.33 bits per heavy atom. The van der Waals surface area contributed by atoms with E-state index in [2.05, 4.69) is 15.5 Å². The molecule has 0 radical (unpaired) electrons. The van der Waals surface area contributed by atoms with Gasteiger partial charge in [-0.3, -0.25) is 14.5 Å². The lowest BCUT2D eigenvalue weighted by Gasteiger charge is -2.28. The SMILES string of the molecule is CCCC(=O)N1CSCC1C(=O)NCCN1CCNCC1. The van der Waals surface area contributed by atoms with Gasteiger partial charge in [-0.15, -0.1) is 11.8 Å². The van der Waals surface area contributed by atoms with E-state index in [1.54, 1.807) is 16.7 Å². The molecule has 0 aromatic heterocycles. The van der Waals surface area contributed by atoms with E-state index in [4.69, 9.17) is 0 Å². The molecule has 2 heterocycles. The van der Waals surface area contributed by atoms with Gasteiger partial charge in [-0.05, 0) is 6.42 Å². The maximum absolute atomic E-state index is 12.3. The minimum atomic E-state index is -0.280. The molecule has 21 heavy (non-hydrogen) atoms. The van der Waals surface area contributed by atoms with Crippen LogP contribution in [0.15, 0.2) is 0 Å². The molecule has 2 aliphatic rings. The summed E-state index contributed by atoms with van der Waals surface area (Å²) in [6.45, 7) is 7.65. The third-order valence-electron chi connectivity index (χ3n) is 3.91. The van der Waals surface area contributed by atoms with Gasteiger partial charge in [0.1, 0.15) is 6.04 Å². The van der Waals surface area contributed by atoms with Crippen LogP contribution < -0.4 is 10.6 Å². The van der Waals surface area contributed by atoms with Crippen molar-refractivity contribution in [2.45, 2.75) is 25.8 Å². The third-order valence-corrected chi connectivity index (χ3v) is 4.92. The lowest BCUT2D eigenvalue weighted by Crippen LogP contribution is -2.50. The Balaban J connectivity index is 1.72. The van der Waals surface area contributed by atoms with Gasteiger partial charge >= 0.3 is 0 Å². The summed E-state index contributed by atoms with van der Waals surface area (Å²) < 4.78 is 0. The molecule has 2 fully saturated rings. The number of carbonyl (C=O) groups excluding carboxylic acids is 2. The second-order valence-electron chi connectivity index (χ2n) is 5.51. The Morgan fingerprint density at radius 3 is 2.81 bits per heavy atom. The van der Waals surface area contributed by atoms with Crippen LogP contribution in [0.1, 0.15) is 19.8 Å². The first kappa shape index (κ1) is 16.6. The summed E-state index contributed by atoms with van der Waals surface area (Å²) in [5.74, 6) is 1.47. The van der Waals surface area contributed by atoms with E-state index in [-0.39, 0.29) is 17.9 Å². The summed E-state index contributed by atoms with van der Waals surface area (Å²) in [7, 11) is 0. The summed E-state index contributed by atoms with van der Waals surface area (Å²) in [5, 5.41) is 6.30. The molecule has 7 heteroatoms. The van der Waals surface area contributed by atoms with E-state index in [0.717, 1.165) is 44.9 Å². The predicted molar refractivity (Wildman–Crippen MR) is 85.2 cm³/mol. The molecule has 2 N–H and O–H groups in total. The molecule has 2 rings (SSSR count). The molecule has 2 aliphatic heterocycles. The van der Waals surface area contributed by atoms with Gasteiger partial charge in [0.15, 0.2) is 0 Å². The van der Waals surface area contributed by atoms with Crippen molar-refractivity contribution in [3.63, 3.8) is 0 Å². The van der Waals surface area contributed by atoms with Crippen molar-refractivity contribution < 1.29 is 9.59 Å². The molecule has 0 aliphatic carbocycles. The molecule has 1 atom stereocenters. The number of nitrogens with one attached hydrogen (secondary N) is 2. The largest absolute Gasteiger partial charge is 0.353 e. The normalized spacial score (nSPS) is 23.3. The second-order valence-corrected chi connectivity index (χ2v) is 6.51. The minimum absolute atomic E-state index is 0.000382. The number of piperazine rings is 1. The van der Waals surface area contributed by atoms with Crippen molar-refractivity contribution in [2.24, 2.45) is 0 Å². The first-order chi connectivity index (χ1) is 10.2. The highest BCUT2D eigenvalue weighted by Crippen LogP contribution is 2.22. The number of nitrogens with zero attached hydrogens (tertiary/aromatic N) is 2. The van der Waals surface area contributed by atoms with E-state index in [0.29, 0.717) is 18.8 Å². The van der Waals surface area contributed by atoms with Crippen molar-refractivity contribution in [3.8, 4) is 0 Å². The van der Waals surface area contributed by atoms with Gasteiger partial charge in [0.2, 0.25) is 11.8 Å². The fourth-order valence-corrected chi connectivity index (χ4v) is 3.83. The van der Waals surface area contributed by atoms with Gasteiger partial charge in [0.05, 0.1) is 5.88 Å². The summed E-state index contributed by atoms with van der Waals surface area (Å²) in [4.78, 5) is 28.3. The molecular weight excluding hydrogens is 288 g/mol. The molecule has 2 saturated heterocycles. The quantitative estimate of drug-likeness (QED) is 0.705. The van der Waals surface area contributed by atoms with Crippen LogP contribution in [-0.2, 0) is 9.59 Å². The van der Waals surface area contributed by atoms with Crippen LogP contribution in [0.4, 0.5) is 0 Å². The van der Waals surface area contributed by atoms with Gasteiger partial charge in [-0.25, -0.2) is 0 Å². The van der Waals surface area contributed by atoms with Crippen LogP contribution in [0.5, 0.6) is 0 Å². The minimum Gasteiger partial charge on any atom is -0.353 e. The Bertz CT molecular complexity index is 361. The number of rotatable bonds is 6. The highest BCUT2D eigenvalue weighted by Gasteiger charge is 2.33. The Labute approximate surface area is 131 Å². The Kier molecular flexibility index (Phi) is 6.79. The molecular formula is C14H26N4O2S. The van der Waals surface area contributed by atoms with Gasteiger partial charge in [0.25, 0.3) is 0 Å². The zero-order chi connectivity index (χ0) is 15.1. The summed E-state index contributed by atoms with van der Waals surface area (Å²) in [6, 6.07) is -0.280. The van der Waals surface area contributed by atoms with Crippen molar-refractivity contribution >= 4 is 23.6 Å². The smallest absolute Gasteiger partial charge is 0.243 e. The molecule has 0 aromatic carbocycles. The van der Waals surface area contributed by atoms with E-state index in [9.17, 15) is 9.59 Å². The summed E-state index contributed by atoms with van der Waals surface area (Å²) >= 11 is 1.66. The maximum Gasteiger partial charge on any atom is 0.243 e. The molecule has 120 valence electrons. The number of amides is 2. The predicted octanol–water partition coefficient (Wildman–Crippen LogP) is -0.291. The van der Waals surface area contributed by atoms with E-state index in [1.807, 2.05) is 6.92 Å². The standard InChI is InChI=1S/C14H26N4O2S/c1-2-3-13(19)18-11-21-10-12(18)14(20)16-6-9-17-7-4-15-5-8-17/h12,15H,2-11H2,1H3,(H,16,20). The number of hydrogen-bond donors (Lipinski definition) is 2. The molecule has 0 saturated carbocycles. The number of hydrogen-bond acceptors (Lipinski definition) is 5. The van der Waals surface area contributed by atoms with Gasteiger partial charge in [-0.1, -0.05) is 6.92 Å². The molecule has 0 spiro atoms. The molecule has 2 amide bonds. The lowest BCUT2D eigenvalue weighted by molar-refractivity contribution is -0.138. The summed E-state index contributed by atoms with van der Waals surface area (Å²) in [6.07, 6.45) is 1.36. The zero-order valence-corrected chi connectivity index (χ0v) is 13.6. The zero-order valence-electron chi connectivity index (χ0n) is 12.8. The fraction of sp³-hybridized carbons (Fsp3) is 0.857. The van der Waals surface area contributed by atoms with E-state index < -0.39 is 0 Å². The van der Waals surface area contributed by atoms with E-state index >= 15 is 0 Å². The van der Waals surface area contributed by atoms with Gasteiger partial charge < -0.3 is 15.5 Å². The monoisotopic (exact) mass is 314 g/mol. The average molecular weight is 314 g/mol. The Hall–Kier alpha value is -0.790. The van der Waals surface area contributed by atoms with Crippen LogP contribution in [0.2, 0.25) is 0 Å². The maximum atomic E-state index is 12.3. The topological polar surface area (TPSA) is 64.7 Å². The van der Waals surface area contributed by atoms with Gasteiger partial charge in [-0.2, -0.15) is 0 Å². The first-order valence-electron chi connectivity index (χ1n) is 7.80. The molecule has 0 bridgehead atoms. The van der Waals surface area contributed by atoms with E-state index in [1.165, 1.54) is 0 Å². The first-order valence-corrected chi connectivity index (χ1v) is 8.96. The molecule has 6 nitrogen and oxygen atoms in total. The van der Waals surface area contributed by atoms with Gasteiger partial charge in [0, 0.05) is 51.4 Å². The molecule has 0 aromatic rings. The van der Waals surface area contributed by atoms with Crippen molar-refractivity contribution in [1.29, 1.82) is 0 Å². The van der Waals surface area contributed by atoms with Crippen LogP contribution in [0.3, 0.4) is 0 Å². The van der Waals surface area contributed by atoms with Crippen LogP contribution >= 0.6 is 11.8 Å². The fourth-order valence-electron chi connectivity index (χ4n) is 2.65. The van der Waals surface area contributed by atoms with Crippen LogP contribution in [0, 0.1) is 0 Å². The van der Waals surface area contributed by atoms with Crippen LogP contribution in [-0.4, -0.2) is 78.6 Å². The third kappa shape index (κ3) is 4.86. The second kappa shape index (κ2) is 8.60. The highest BCUT2D eigenvalue weighted by molar-refractivity contribution is 7.99. The lowest BCUT2D eigenvalue weighted by atomic mass is 10.2. The van der Waals surface area contributed by atoms with Crippen molar-refractivity contribution in [2.75, 3.05) is 50.9 Å². The number of thioether (sulfide) groups is 1. The average Bonchev–Trinajstić information content (AvgIpc) is 2.98. The Morgan fingerprint density at radius 2 is 2.10 bits per heavy atom. The van der Waals surface area contributed by atoms with Crippen molar-refractivity contribution in [1.82, 2.24) is 20.4 Å². The number of carbonyl (C=O) groups is 2. The van der Waals surface area contributed by atoms with Crippen molar-refractivity contribution in [3.05, 3.63) is 0 Å². The molecule has 1 unspecified atom stereocenters. The van der Waals surface area contributed by atoms with Crippen LogP contribution in [0.25, 0.3) is 0 Å². The highest BCUT2D eigenvalue weighted by atomic mass is 32.2.